The average Bonchev–Trinajstić information content (AvgIpc) is 1.88. The Morgan fingerprint density at radius 2 is 2.30 bits per heavy atom. The lowest BCUT2D eigenvalue weighted by molar-refractivity contribution is -0.132. The van der Waals surface area contributed by atoms with Gasteiger partial charge < -0.3 is 5.11 Å². The monoisotopic (exact) mass is 139 g/mol. The minimum absolute atomic E-state index is 0.207. The summed E-state index contributed by atoms with van der Waals surface area (Å²) >= 11 is 0. The normalized spacial score (nSPS) is 11.9. The Bertz CT molecular complexity index is 192. The highest BCUT2D eigenvalue weighted by Crippen LogP contribution is 1.90. The summed E-state index contributed by atoms with van der Waals surface area (Å²) in [5.74, 6) is -0.957. The molecule has 0 saturated carbocycles. The van der Waals surface area contributed by atoms with Crippen LogP contribution in [-0.2, 0) is 4.79 Å². The average molecular weight is 139 g/mol. The molecule has 0 aliphatic heterocycles. The summed E-state index contributed by atoms with van der Waals surface area (Å²) in [5, 5.41) is 8.31. The van der Waals surface area contributed by atoms with E-state index >= 15 is 0 Å². The summed E-state index contributed by atoms with van der Waals surface area (Å²) in [4.78, 5) is 13.8. The standard InChI is InChI=1S/C7H9NO2/c1-3-4-8-5-6(2)7(9)10/h3-5H,1H2,2H3,(H,9,10)/b6-5+,8-4?. The molecule has 0 aliphatic rings. The molecule has 0 aromatic heterocycles. The lowest BCUT2D eigenvalue weighted by atomic mass is 10.3. The molecule has 0 aromatic carbocycles. The van der Waals surface area contributed by atoms with E-state index in [2.05, 4.69) is 11.6 Å². The first kappa shape index (κ1) is 8.62. The van der Waals surface area contributed by atoms with Crippen LogP contribution in [0, 0.1) is 0 Å². The minimum Gasteiger partial charge on any atom is -0.478 e. The molecule has 0 rings (SSSR count). The zero-order chi connectivity index (χ0) is 7.98. The fourth-order valence-electron chi connectivity index (χ4n) is 0.271. The quantitative estimate of drug-likeness (QED) is 0.472. The van der Waals surface area contributed by atoms with Crippen LogP contribution in [0.4, 0.5) is 0 Å². The van der Waals surface area contributed by atoms with Gasteiger partial charge in [-0.2, -0.15) is 0 Å². The summed E-state index contributed by atoms with van der Waals surface area (Å²) < 4.78 is 0. The first-order valence-electron chi connectivity index (χ1n) is 2.72. The smallest absolute Gasteiger partial charge is 0.332 e. The third kappa shape index (κ3) is 3.60. The number of carboxylic acid groups (broad SMARTS) is 1. The van der Waals surface area contributed by atoms with Crippen LogP contribution in [0.1, 0.15) is 6.92 Å². The second-order valence-corrected chi connectivity index (χ2v) is 1.65. The number of carboxylic acids is 1. The van der Waals surface area contributed by atoms with E-state index in [-0.39, 0.29) is 5.57 Å². The first-order chi connectivity index (χ1) is 4.68. The molecule has 0 amide bonds. The molecule has 0 aliphatic carbocycles. The Hall–Kier alpha value is -1.38. The van der Waals surface area contributed by atoms with Gasteiger partial charge in [-0.15, -0.1) is 0 Å². The van der Waals surface area contributed by atoms with Gasteiger partial charge in [0.15, 0.2) is 0 Å². The van der Waals surface area contributed by atoms with Crippen LogP contribution in [0.2, 0.25) is 0 Å². The van der Waals surface area contributed by atoms with E-state index in [1.807, 2.05) is 0 Å². The fraction of sp³-hybridized carbons (Fsp3) is 0.143. The molecule has 3 nitrogen and oxygen atoms in total. The molecule has 0 unspecified atom stereocenters. The number of carbonyl (C=O) groups is 1. The van der Waals surface area contributed by atoms with E-state index in [0.717, 1.165) is 0 Å². The van der Waals surface area contributed by atoms with Gasteiger partial charge in [0.1, 0.15) is 0 Å². The maximum absolute atomic E-state index is 10.1. The predicted octanol–water partition coefficient (Wildman–Crippen LogP) is 1.23. The second-order valence-electron chi connectivity index (χ2n) is 1.65. The second kappa shape index (κ2) is 4.49. The number of allylic oxidation sites excluding steroid dienone is 1. The predicted molar refractivity (Wildman–Crippen MR) is 40.1 cm³/mol. The zero-order valence-corrected chi connectivity index (χ0v) is 5.74. The van der Waals surface area contributed by atoms with E-state index in [0.29, 0.717) is 0 Å². The van der Waals surface area contributed by atoms with E-state index in [4.69, 9.17) is 5.11 Å². The van der Waals surface area contributed by atoms with Crippen LogP contribution in [0.25, 0.3) is 0 Å². The van der Waals surface area contributed by atoms with Crippen LogP contribution >= 0.6 is 0 Å². The van der Waals surface area contributed by atoms with Crippen molar-refractivity contribution in [3.63, 3.8) is 0 Å². The summed E-state index contributed by atoms with van der Waals surface area (Å²) in [6.07, 6.45) is 4.17. The Balaban J connectivity index is 4.04. The summed E-state index contributed by atoms with van der Waals surface area (Å²) in [6.45, 7) is 4.85. The summed E-state index contributed by atoms with van der Waals surface area (Å²) in [7, 11) is 0. The molecule has 0 atom stereocenters. The van der Waals surface area contributed by atoms with Crippen molar-refractivity contribution >= 4 is 12.2 Å². The van der Waals surface area contributed by atoms with Crippen molar-refractivity contribution in [3.05, 3.63) is 24.4 Å². The van der Waals surface area contributed by atoms with Crippen LogP contribution in [-0.4, -0.2) is 17.3 Å². The number of hydrogen-bond acceptors (Lipinski definition) is 2. The Labute approximate surface area is 59.4 Å². The molecule has 0 fully saturated rings. The van der Waals surface area contributed by atoms with Crippen molar-refractivity contribution in [2.75, 3.05) is 0 Å². The molecule has 54 valence electrons. The lowest BCUT2D eigenvalue weighted by Crippen LogP contribution is -1.94. The molecule has 1 N–H and O–H groups in total. The maximum Gasteiger partial charge on any atom is 0.332 e. The van der Waals surface area contributed by atoms with Gasteiger partial charge in [-0.25, -0.2) is 4.79 Å². The highest BCUT2D eigenvalue weighted by atomic mass is 16.4. The van der Waals surface area contributed by atoms with Crippen molar-refractivity contribution in [2.24, 2.45) is 4.99 Å². The van der Waals surface area contributed by atoms with Gasteiger partial charge >= 0.3 is 5.97 Å². The van der Waals surface area contributed by atoms with Crippen molar-refractivity contribution < 1.29 is 9.90 Å². The van der Waals surface area contributed by atoms with Crippen LogP contribution in [0.5, 0.6) is 0 Å². The number of aliphatic imine (C=N–C) groups is 1. The van der Waals surface area contributed by atoms with Gasteiger partial charge in [0.05, 0.1) is 5.57 Å². The maximum atomic E-state index is 10.1. The Kier molecular flexibility index (Phi) is 3.87. The van der Waals surface area contributed by atoms with Crippen LogP contribution in [0.15, 0.2) is 29.4 Å². The highest BCUT2D eigenvalue weighted by Gasteiger charge is 1.95. The third-order valence-electron chi connectivity index (χ3n) is 0.797. The van der Waals surface area contributed by atoms with Crippen molar-refractivity contribution in [3.8, 4) is 0 Å². The fourth-order valence-corrected chi connectivity index (χ4v) is 0.271. The Morgan fingerprint density at radius 3 is 2.70 bits per heavy atom. The van der Waals surface area contributed by atoms with Crippen molar-refractivity contribution in [1.82, 2.24) is 0 Å². The molecular weight excluding hydrogens is 130 g/mol. The van der Waals surface area contributed by atoms with Gasteiger partial charge in [-0.1, -0.05) is 12.7 Å². The number of nitrogens with zero attached hydrogens (tertiary/aromatic N) is 1. The van der Waals surface area contributed by atoms with Crippen LogP contribution in [0.3, 0.4) is 0 Å². The Morgan fingerprint density at radius 1 is 1.70 bits per heavy atom. The molecule has 10 heavy (non-hydrogen) atoms. The molecule has 0 aromatic rings. The van der Waals surface area contributed by atoms with Gasteiger partial charge in [-0.3, -0.25) is 4.99 Å². The van der Waals surface area contributed by atoms with E-state index in [9.17, 15) is 4.79 Å². The van der Waals surface area contributed by atoms with E-state index in [1.54, 1.807) is 0 Å². The van der Waals surface area contributed by atoms with Crippen molar-refractivity contribution in [2.45, 2.75) is 6.92 Å². The molecule has 0 bridgehead atoms. The largest absolute Gasteiger partial charge is 0.478 e. The topological polar surface area (TPSA) is 49.7 Å². The van der Waals surface area contributed by atoms with Gasteiger partial charge in [0, 0.05) is 12.4 Å². The lowest BCUT2D eigenvalue weighted by Gasteiger charge is -1.85. The summed E-state index contributed by atoms with van der Waals surface area (Å²) in [6, 6.07) is 0. The molecule has 0 heterocycles. The third-order valence-corrected chi connectivity index (χ3v) is 0.797. The molecule has 0 saturated heterocycles. The zero-order valence-electron chi connectivity index (χ0n) is 5.74. The number of aliphatic carboxylic acids is 1. The minimum atomic E-state index is -0.957. The van der Waals surface area contributed by atoms with Gasteiger partial charge in [0.2, 0.25) is 0 Å². The van der Waals surface area contributed by atoms with Crippen LogP contribution < -0.4 is 0 Å². The molecule has 3 heteroatoms. The number of rotatable bonds is 3. The van der Waals surface area contributed by atoms with Gasteiger partial charge in [0.25, 0.3) is 0 Å². The SMILES string of the molecule is C=CC=N/C=C(\C)C(=O)O. The summed E-state index contributed by atoms with van der Waals surface area (Å²) in [5.41, 5.74) is 0.207. The van der Waals surface area contributed by atoms with E-state index in [1.165, 1.54) is 25.4 Å². The molecular formula is C7H9NO2. The first-order valence-corrected chi connectivity index (χ1v) is 2.72. The van der Waals surface area contributed by atoms with Crippen molar-refractivity contribution in [1.29, 1.82) is 0 Å². The van der Waals surface area contributed by atoms with E-state index < -0.39 is 5.97 Å². The number of hydrogen-bond donors (Lipinski definition) is 1. The molecule has 0 spiro atoms. The molecule has 0 radical (unpaired) electrons. The highest BCUT2D eigenvalue weighted by molar-refractivity contribution is 5.86. The van der Waals surface area contributed by atoms with Gasteiger partial charge in [-0.05, 0) is 6.92 Å².